The number of hydrogen-bond acceptors (Lipinski definition) is 5. The Morgan fingerprint density at radius 2 is 1.21 bits per heavy atom. The van der Waals surface area contributed by atoms with Crippen molar-refractivity contribution >= 4 is 52.9 Å². The van der Waals surface area contributed by atoms with Gasteiger partial charge in [-0.15, -0.1) is 22.7 Å². The van der Waals surface area contributed by atoms with Crippen LogP contribution in [0.1, 0.15) is 25.0 Å². The van der Waals surface area contributed by atoms with Gasteiger partial charge >= 0.3 is 0 Å². The first kappa shape index (κ1) is 24.8. The van der Waals surface area contributed by atoms with Crippen LogP contribution in [0.3, 0.4) is 0 Å². The SMILES string of the molecule is CC1(C)c2ccccc2-c2c(-c3nc(-c4ccc5c(c4)sc4ccccc45)nc(-c4cc5ccccc5s4)n3)cccc21. The summed E-state index contributed by atoms with van der Waals surface area (Å²) in [6.45, 7) is 4.62. The zero-order valence-corrected chi connectivity index (χ0v) is 25.3. The van der Waals surface area contributed by atoms with Crippen LogP contribution < -0.4 is 0 Å². The van der Waals surface area contributed by atoms with Crippen molar-refractivity contribution in [1.29, 1.82) is 0 Å². The first-order valence-electron chi connectivity index (χ1n) is 14.4. The van der Waals surface area contributed by atoms with E-state index >= 15 is 0 Å². The Kier molecular flexibility index (Phi) is 5.28. The van der Waals surface area contributed by atoms with Crippen molar-refractivity contribution in [2.75, 3.05) is 0 Å². The lowest BCUT2D eigenvalue weighted by atomic mass is 9.82. The Balaban J connectivity index is 1.30. The van der Waals surface area contributed by atoms with Crippen molar-refractivity contribution < 1.29 is 0 Å². The lowest BCUT2D eigenvalue weighted by Crippen LogP contribution is -2.14. The average molecular weight is 588 g/mol. The van der Waals surface area contributed by atoms with Crippen LogP contribution >= 0.6 is 22.7 Å². The molecule has 9 rings (SSSR count). The van der Waals surface area contributed by atoms with Gasteiger partial charge in [-0.2, -0.15) is 0 Å². The summed E-state index contributed by atoms with van der Waals surface area (Å²) in [4.78, 5) is 16.5. The van der Waals surface area contributed by atoms with Gasteiger partial charge in [-0.25, -0.2) is 15.0 Å². The molecule has 43 heavy (non-hydrogen) atoms. The van der Waals surface area contributed by atoms with Gasteiger partial charge in [0.15, 0.2) is 17.5 Å². The Morgan fingerprint density at radius 1 is 0.512 bits per heavy atom. The molecule has 204 valence electrons. The van der Waals surface area contributed by atoms with Crippen molar-refractivity contribution in [1.82, 2.24) is 15.0 Å². The van der Waals surface area contributed by atoms with E-state index in [1.54, 1.807) is 11.3 Å². The average Bonchev–Trinajstić information content (AvgIpc) is 3.71. The van der Waals surface area contributed by atoms with Gasteiger partial charge in [-0.1, -0.05) is 105 Å². The fraction of sp³-hybridized carbons (Fsp3) is 0.0789. The molecule has 3 heterocycles. The number of benzene rings is 5. The minimum absolute atomic E-state index is 0.0989. The van der Waals surface area contributed by atoms with Gasteiger partial charge in [0.2, 0.25) is 0 Å². The molecular formula is C38H25N3S2. The third-order valence-electron chi connectivity index (χ3n) is 8.77. The molecule has 0 spiro atoms. The second kappa shape index (κ2) is 9.14. The number of aromatic nitrogens is 3. The zero-order chi connectivity index (χ0) is 28.7. The summed E-state index contributed by atoms with van der Waals surface area (Å²) >= 11 is 3.54. The molecule has 0 aliphatic heterocycles. The molecule has 0 unspecified atom stereocenters. The van der Waals surface area contributed by atoms with Crippen molar-refractivity contribution in [2.45, 2.75) is 19.3 Å². The summed E-state index contributed by atoms with van der Waals surface area (Å²) in [5.74, 6) is 2.11. The summed E-state index contributed by atoms with van der Waals surface area (Å²) < 4.78 is 3.75. The third-order valence-corrected chi connectivity index (χ3v) is 11.0. The van der Waals surface area contributed by atoms with Gasteiger partial charge in [0.05, 0.1) is 4.88 Å². The van der Waals surface area contributed by atoms with E-state index in [4.69, 9.17) is 15.0 Å². The Bertz CT molecular complexity index is 2360. The van der Waals surface area contributed by atoms with Gasteiger partial charge in [0.25, 0.3) is 0 Å². The van der Waals surface area contributed by atoms with Crippen molar-refractivity contribution in [3.05, 3.63) is 126 Å². The molecule has 3 nitrogen and oxygen atoms in total. The van der Waals surface area contributed by atoms with Crippen LogP contribution in [0, 0.1) is 0 Å². The maximum Gasteiger partial charge on any atom is 0.174 e. The summed E-state index contributed by atoms with van der Waals surface area (Å²) in [5, 5.41) is 3.76. The van der Waals surface area contributed by atoms with Gasteiger partial charge in [-0.3, -0.25) is 0 Å². The van der Waals surface area contributed by atoms with Crippen LogP contribution in [-0.4, -0.2) is 15.0 Å². The highest BCUT2D eigenvalue weighted by Gasteiger charge is 2.37. The fourth-order valence-corrected chi connectivity index (χ4v) is 8.78. The predicted molar refractivity (Wildman–Crippen MR) is 182 cm³/mol. The van der Waals surface area contributed by atoms with E-state index in [0.717, 1.165) is 16.0 Å². The van der Waals surface area contributed by atoms with Crippen molar-refractivity contribution in [3.63, 3.8) is 0 Å². The van der Waals surface area contributed by atoms with Crippen LogP contribution in [0.4, 0.5) is 0 Å². The normalized spacial score (nSPS) is 13.5. The fourth-order valence-electron chi connectivity index (χ4n) is 6.63. The minimum Gasteiger partial charge on any atom is -0.208 e. The van der Waals surface area contributed by atoms with Crippen LogP contribution in [0.15, 0.2) is 115 Å². The topological polar surface area (TPSA) is 38.7 Å². The molecule has 0 saturated carbocycles. The number of hydrogen-bond donors (Lipinski definition) is 0. The van der Waals surface area contributed by atoms with Gasteiger partial charge in [0.1, 0.15) is 0 Å². The van der Waals surface area contributed by atoms with Crippen molar-refractivity contribution in [3.8, 4) is 44.6 Å². The minimum atomic E-state index is -0.0989. The first-order chi connectivity index (χ1) is 21.0. The van der Waals surface area contributed by atoms with E-state index in [0.29, 0.717) is 17.5 Å². The molecule has 0 atom stereocenters. The quantitative estimate of drug-likeness (QED) is 0.206. The molecule has 0 amide bonds. The molecule has 1 aliphatic rings. The van der Waals surface area contributed by atoms with Gasteiger partial charge in [0, 0.05) is 41.4 Å². The summed E-state index contributed by atoms with van der Waals surface area (Å²) in [7, 11) is 0. The second-order valence-corrected chi connectivity index (χ2v) is 13.8. The molecule has 0 radical (unpaired) electrons. The highest BCUT2D eigenvalue weighted by molar-refractivity contribution is 7.25. The molecule has 0 fully saturated rings. The third kappa shape index (κ3) is 3.75. The molecule has 1 aliphatic carbocycles. The van der Waals surface area contributed by atoms with Gasteiger partial charge in [-0.05, 0) is 51.9 Å². The lowest BCUT2D eigenvalue weighted by Gasteiger charge is -2.21. The maximum absolute atomic E-state index is 5.20. The maximum atomic E-state index is 5.20. The standard InChI is InChI=1S/C38H25N3S2/c1-38(2)28-14-6-4-12-26(28)34-27(13-9-15-29(34)38)36-39-35(40-37(41-36)33-20-22-10-3-7-16-30(22)42-33)23-18-19-25-24-11-5-8-17-31(24)43-32(25)21-23/h3-21H,1-2H3. The van der Waals surface area contributed by atoms with E-state index in [2.05, 4.69) is 129 Å². The molecule has 0 saturated heterocycles. The summed E-state index contributed by atoms with van der Waals surface area (Å²) in [5.41, 5.74) is 7.08. The van der Waals surface area contributed by atoms with Gasteiger partial charge < -0.3 is 0 Å². The van der Waals surface area contributed by atoms with Crippen LogP contribution in [0.5, 0.6) is 0 Å². The van der Waals surface area contributed by atoms with Crippen molar-refractivity contribution in [2.24, 2.45) is 0 Å². The number of rotatable bonds is 3. The molecule has 0 N–H and O–H groups in total. The van der Waals surface area contributed by atoms with Crippen LogP contribution in [0.25, 0.3) is 74.9 Å². The summed E-state index contributed by atoms with van der Waals surface area (Å²) in [6.07, 6.45) is 0. The zero-order valence-electron chi connectivity index (χ0n) is 23.6. The molecule has 5 aromatic carbocycles. The number of thiophene rings is 2. The number of nitrogens with zero attached hydrogens (tertiary/aromatic N) is 3. The van der Waals surface area contributed by atoms with Crippen LogP contribution in [0.2, 0.25) is 0 Å². The predicted octanol–water partition coefficient (Wildman–Crippen LogP) is 10.8. The lowest BCUT2D eigenvalue weighted by molar-refractivity contribution is 0.660. The largest absolute Gasteiger partial charge is 0.208 e. The monoisotopic (exact) mass is 587 g/mol. The van der Waals surface area contributed by atoms with E-state index in [-0.39, 0.29) is 5.41 Å². The Hall–Kier alpha value is -4.71. The van der Waals surface area contributed by atoms with E-state index < -0.39 is 0 Å². The summed E-state index contributed by atoms with van der Waals surface area (Å²) in [6, 6.07) is 41.2. The van der Waals surface area contributed by atoms with Crippen LogP contribution in [-0.2, 0) is 5.41 Å². The van der Waals surface area contributed by atoms with E-state index in [9.17, 15) is 0 Å². The highest BCUT2D eigenvalue weighted by Crippen LogP contribution is 2.51. The van der Waals surface area contributed by atoms with E-state index in [1.807, 2.05) is 11.3 Å². The second-order valence-electron chi connectivity index (χ2n) is 11.7. The molecule has 8 aromatic rings. The molecule has 5 heteroatoms. The van der Waals surface area contributed by atoms with E-state index in [1.165, 1.54) is 52.5 Å². The number of fused-ring (bicyclic) bond motifs is 7. The highest BCUT2D eigenvalue weighted by atomic mass is 32.1. The molecule has 0 bridgehead atoms. The Morgan fingerprint density at radius 3 is 2.12 bits per heavy atom. The smallest absolute Gasteiger partial charge is 0.174 e. The molecular weight excluding hydrogens is 563 g/mol. The first-order valence-corrected chi connectivity index (χ1v) is 16.1. The molecule has 3 aromatic heterocycles. The Labute approximate surface area is 257 Å².